The number of carbonyl (C=O) groups is 1. The van der Waals surface area contributed by atoms with Crippen molar-refractivity contribution in [3.05, 3.63) is 0 Å². The van der Waals surface area contributed by atoms with Crippen molar-refractivity contribution in [3.8, 4) is 0 Å². The summed E-state index contributed by atoms with van der Waals surface area (Å²) in [5.74, 6) is 2.83. The first-order valence-corrected chi connectivity index (χ1v) is 6.36. The van der Waals surface area contributed by atoms with Crippen LogP contribution in [0.4, 0.5) is 0 Å². The highest BCUT2D eigenvalue weighted by Gasteiger charge is 2.26. The lowest BCUT2D eigenvalue weighted by Crippen LogP contribution is -2.22. The lowest BCUT2D eigenvalue weighted by atomic mass is 9.89. The fourth-order valence-electron chi connectivity index (χ4n) is 0.983. The summed E-state index contributed by atoms with van der Waals surface area (Å²) in [7, 11) is 0. The predicted octanol–water partition coefficient (Wildman–Crippen LogP) is 2.80. The summed E-state index contributed by atoms with van der Waals surface area (Å²) >= 11 is 3.86. The van der Waals surface area contributed by atoms with Gasteiger partial charge in [0.25, 0.3) is 0 Å². The third-order valence-corrected chi connectivity index (χ3v) is 4.91. The molecule has 1 saturated heterocycles. The van der Waals surface area contributed by atoms with Gasteiger partial charge in [-0.05, 0) is 0 Å². The summed E-state index contributed by atoms with van der Waals surface area (Å²) in [4.78, 5) is 11.6. The zero-order valence-corrected chi connectivity index (χ0v) is 9.56. The number of hydrogen-bond donors (Lipinski definition) is 0. The van der Waals surface area contributed by atoms with Crippen molar-refractivity contribution in [2.75, 3.05) is 11.5 Å². The summed E-state index contributed by atoms with van der Waals surface area (Å²) in [5, 5.41) is 0. The van der Waals surface area contributed by atoms with Gasteiger partial charge in [-0.3, -0.25) is 4.79 Å². The quantitative estimate of drug-likeness (QED) is 0.688. The molecule has 1 fully saturated rings. The van der Waals surface area contributed by atoms with E-state index in [0.717, 1.165) is 6.42 Å². The highest BCUT2D eigenvalue weighted by molar-refractivity contribution is 8.20. The minimum Gasteiger partial charge on any atom is -0.299 e. The highest BCUT2D eigenvalue weighted by Crippen LogP contribution is 2.36. The van der Waals surface area contributed by atoms with E-state index < -0.39 is 0 Å². The van der Waals surface area contributed by atoms with Crippen LogP contribution >= 0.6 is 23.5 Å². The molecule has 70 valence electrons. The Bertz CT molecular complexity index is 166. The fourth-order valence-corrected chi connectivity index (χ4v) is 3.78. The molecule has 12 heavy (non-hydrogen) atoms. The van der Waals surface area contributed by atoms with Crippen LogP contribution in [0, 0.1) is 5.41 Å². The van der Waals surface area contributed by atoms with Gasteiger partial charge in [0.2, 0.25) is 0 Å². The van der Waals surface area contributed by atoms with E-state index in [1.165, 1.54) is 11.5 Å². The largest absolute Gasteiger partial charge is 0.299 e. The molecular formula is C9H16OS2. The molecule has 0 aromatic heterocycles. The fraction of sp³-hybridized carbons (Fsp3) is 0.889. The average molecular weight is 204 g/mol. The van der Waals surface area contributed by atoms with Crippen LogP contribution in [-0.4, -0.2) is 21.9 Å². The first kappa shape index (κ1) is 10.5. The molecule has 0 spiro atoms. The normalized spacial score (nSPS) is 19.9. The standard InChI is InChI=1S/C9H16OS2/c1-9(2,3)7(10)6-8-11-4-5-12-8/h8H,4-6H2,1-3H3. The first-order valence-electron chi connectivity index (χ1n) is 4.26. The third-order valence-electron chi connectivity index (χ3n) is 1.88. The van der Waals surface area contributed by atoms with Crippen LogP contribution in [0.5, 0.6) is 0 Å². The molecule has 0 aromatic rings. The van der Waals surface area contributed by atoms with Crippen LogP contribution in [-0.2, 0) is 4.79 Å². The summed E-state index contributed by atoms with van der Waals surface area (Å²) < 4.78 is 0.539. The molecule has 1 heterocycles. The smallest absolute Gasteiger partial charge is 0.140 e. The topological polar surface area (TPSA) is 17.1 Å². The second-order valence-electron chi connectivity index (χ2n) is 4.05. The Hall–Kier alpha value is 0.370. The second-order valence-corrected chi connectivity index (χ2v) is 6.97. The van der Waals surface area contributed by atoms with E-state index in [2.05, 4.69) is 0 Å². The van der Waals surface area contributed by atoms with Gasteiger partial charge in [0.1, 0.15) is 5.78 Å². The van der Waals surface area contributed by atoms with Crippen molar-refractivity contribution in [3.63, 3.8) is 0 Å². The molecule has 0 atom stereocenters. The molecule has 0 aromatic carbocycles. The minimum atomic E-state index is -0.149. The Morgan fingerprint density at radius 1 is 1.33 bits per heavy atom. The number of carbonyl (C=O) groups excluding carboxylic acids is 1. The van der Waals surface area contributed by atoms with E-state index in [0.29, 0.717) is 10.4 Å². The van der Waals surface area contributed by atoms with E-state index in [-0.39, 0.29) is 5.41 Å². The molecule has 0 N–H and O–H groups in total. The molecule has 1 rings (SSSR count). The maximum Gasteiger partial charge on any atom is 0.140 e. The Morgan fingerprint density at radius 2 is 1.83 bits per heavy atom. The van der Waals surface area contributed by atoms with Gasteiger partial charge in [0.05, 0.1) is 4.58 Å². The second kappa shape index (κ2) is 4.05. The maximum atomic E-state index is 11.6. The molecule has 0 radical (unpaired) electrons. The Labute approximate surface area is 83.1 Å². The predicted molar refractivity (Wildman–Crippen MR) is 57.8 cm³/mol. The molecule has 0 unspecified atom stereocenters. The summed E-state index contributed by atoms with van der Waals surface area (Å²) in [6, 6.07) is 0. The molecule has 0 aliphatic carbocycles. The molecule has 0 bridgehead atoms. The van der Waals surface area contributed by atoms with Gasteiger partial charge in [-0.2, -0.15) is 0 Å². The van der Waals surface area contributed by atoms with Gasteiger partial charge in [0, 0.05) is 23.3 Å². The maximum absolute atomic E-state index is 11.6. The molecular weight excluding hydrogens is 188 g/mol. The highest BCUT2D eigenvalue weighted by atomic mass is 32.2. The summed E-state index contributed by atoms with van der Waals surface area (Å²) in [6.45, 7) is 6.00. The molecule has 1 aliphatic heterocycles. The lowest BCUT2D eigenvalue weighted by Gasteiger charge is -2.18. The van der Waals surface area contributed by atoms with Crippen LogP contribution < -0.4 is 0 Å². The Morgan fingerprint density at radius 3 is 2.25 bits per heavy atom. The van der Waals surface area contributed by atoms with E-state index in [1.807, 2.05) is 44.3 Å². The van der Waals surface area contributed by atoms with E-state index in [4.69, 9.17) is 0 Å². The van der Waals surface area contributed by atoms with Crippen molar-refractivity contribution < 1.29 is 4.79 Å². The number of rotatable bonds is 2. The minimum absolute atomic E-state index is 0.149. The lowest BCUT2D eigenvalue weighted by molar-refractivity contribution is -0.125. The van der Waals surface area contributed by atoms with E-state index in [1.54, 1.807) is 0 Å². The summed E-state index contributed by atoms with van der Waals surface area (Å²) in [6.07, 6.45) is 0.749. The summed E-state index contributed by atoms with van der Waals surface area (Å²) in [5.41, 5.74) is -0.149. The van der Waals surface area contributed by atoms with E-state index in [9.17, 15) is 4.79 Å². The zero-order valence-electron chi connectivity index (χ0n) is 7.92. The molecule has 0 amide bonds. The zero-order chi connectivity index (χ0) is 9.19. The SMILES string of the molecule is CC(C)(C)C(=O)CC1SCCS1. The molecule has 1 nitrogen and oxygen atoms in total. The molecule has 3 heteroatoms. The molecule has 0 saturated carbocycles. The van der Waals surface area contributed by atoms with Crippen molar-refractivity contribution in [2.24, 2.45) is 5.41 Å². The van der Waals surface area contributed by atoms with Crippen LogP contribution in [0.2, 0.25) is 0 Å². The van der Waals surface area contributed by atoms with Gasteiger partial charge in [-0.25, -0.2) is 0 Å². The molecule has 1 aliphatic rings. The van der Waals surface area contributed by atoms with Gasteiger partial charge in [0.15, 0.2) is 0 Å². The monoisotopic (exact) mass is 204 g/mol. The van der Waals surface area contributed by atoms with Gasteiger partial charge in [-0.15, -0.1) is 23.5 Å². The van der Waals surface area contributed by atoms with Crippen LogP contribution in [0.15, 0.2) is 0 Å². The van der Waals surface area contributed by atoms with Gasteiger partial charge in [-0.1, -0.05) is 20.8 Å². The third kappa shape index (κ3) is 3.02. The number of Topliss-reactive ketones (excluding diaryl/α,β-unsaturated/α-hetero) is 1. The van der Waals surface area contributed by atoms with Crippen molar-refractivity contribution in [2.45, 2.75) is 31.8 Å². The van der Waals surface area contributed by atoms with Crippen molar-refractivity contribution in [1.82, 2.24) is 0 Å². The number of hydrogen-bond acceptors (Lipinski definition) is 3. The van der Waals surface area contributed by atoms with Gasteiger partial charge >= 0.3 is 0 Å². The van der Waals surface area contributed by atoms with E-state index >= 15 is 0 Å². The van der Waals surface area contributed by atoms with Crippen molar-refractivity contribution in [1.29, 1.82) is 0 Å². The Balaban J connectivity index is 2.35. The number of ketones is 1. The average Bonchev–Trinajstić information content (AvgIpc) is 2.37. The number of thioether (sulfide) groups is 2. The van der Waals surface area contributed by atoms with Crippen LogP contribution in [0.1, 0.15) is 27.2 Å². The van der Waals surface area contributed by atoms with Crippen LogP contribution in [0.25, 0.3) is 0 Å². The van der Waals surface area contributed by atoms with Gasteiger partial charge < -0.3 is 0 Å². The first-order chi connectivity index (χ1) is 5.50. The van der Waals surface area contributed by atoms with Crippen LogP contribution in [0.3, 0.4) is 0 Å². The van der Waals surface area contributed by atoms with Crippen molar-refractivity contribution >= 4 is 29.3 Å². The Kier molecular flexibility index (Phi) is 3.53.